The van der Waals surface area contributed by atoms with Crippen molar-refractivity contribution in [1.29, 1.82) is 0 Å². The Morgan fingerprint density at radius 1 is 1.21 bits per heavy atom. The van der Waals surface area contributed by atoms with Gasteiger partial charge < -0.3 is 10.1 Å². The van der Waals surface area contributed by atoms with Gasteiger partial charge in [0.25, 0.3) is 5.91 Å². The molecule has 0 fully saturated rings. The summed E-state index contributed by atoms with van der Waals surface area (Å²) >= 11 is 0. The van der Waals surface area contributed by atoms with Crippen molar-refractivity contribution >= 4 is 17.6 Å². The minimum Gasteiger partial charge on any atom is -0.452 e. The Bertz CT molecular complexity index is 743. The highest BCUT2D eigenvalue weighted by molar-refractivity contribution is 5.95. The van der Waals surface area contributed by atoms with E-state index < -0.39 is 30.2 Å². The number of anilines is 1. The number of hydrogen-bond acceptors (Lipinski definition) is 4. The van der Waals surface area contributed by atoms with Gasteiger partial charge in [-0.3, -0.25) is 9.78 Å². The highest BCUT2D eigenvalue weighted by Crippen LogP contribution is 2.30. The van der Waals surface area contributed by atoms with Crippen molar-refractivity contribution in [1.82, 2.24) is 4.98 Å². The number of ether oxygens (including phenoxy) is 1. The fraction of sp³-hybridized carbons (Fsp3) is 0.188. The molecule has 0 aliphatic rings. The summed E-state index contributed by atoms with van der Waals surface area (Å²) in [5, 5.41) is 2.24. The van der Waals surface area contributed by atoms with Crippen LogP contribution >= 0.6 is 0 Å². The van der Waals surface area contributed by atoms with Crippen LogP contribution < -0.4 is 5.32 Å². The molecule has 0 aliphatic heterocycles. The van der Waals surface area contributed by atoms with Gasteiger partial charge in [-0.15, -0.1) is 0 Å². The van der Waals surface area contributed by atoms with Crippen LogP contribution in [-0.2, 0) is 15.7 Å². The van der Waals surface area contributed by atoms with E-state index in [1.165, 1.54) is 24.4 Å². The van der Waals surface area contributed by atoms with E-state index >= 15 is 0 Å². The molecular formula is C16H13F3N2O3. The van der Waals surface area contributed by atoms with Gasteiger partial charge in [-0.25, -0.2) is 4.79 Å². The Morgan fingerprint density at radius 3 is 2.58 bits per heavy atom. The van der Waals surface area contributed by atoms with Crippen molar-refractivity contribution in [2.45, 2.75) is 13.1 Å². The molecule has 0 unspecified atom stereocenters. The van der Waals surface area contributed by atoms with E-state index in [-0.39, 0.29) is 11.3 Å². The Hall–Kier alpha value is -2.90. The number of rotatable bonds is 4. The van der Waals surface area contributed by atoms with Crippen LogP contribution in [0.4, 0.5) is 18.9 Å². The molecule has 126 valence electrons. The lowest BCUT2D eigenvalue weighted by Crippen LogP contribution is -2.21. The number of carbonyl (C=O) groups excluding carboxylic acids is 2. The largest absolute Gasteiger partial charge is 0.452 e. The molecule has 1 N–H and O–H groups in total. The Kier molecular flexibility index (Phi) is 5.18. The fourth-order valence-electron chi connectivity index (χ4n) is 1.77. The highest BCUT2D eigenvalue weighted by atomic mass is 19.4. The summed E-state index contributed by atoms with van der Waals surface area (Å²) in [6, 6.07) is 7.26. The molecule has 0 radical (unpaired) electrons. The second kappa shape index (κ2) is 7.12. The Morgan fingerprint density at radius 2 is 1.96 bits per heavy atom. The number of pyridine rings is 1. The molecule has 2 rings (SSSR count). The lowest BCUT2D eigenvalue weighted by Gasteiger charge is -2.10. The second-order valence-corrected chi connectivity index (χ2v) is 4.89. The number of aromatic nitrogens is 1. The SMILES string of the molecule is Cc1ccc(C(=O)OCC(=O)Nc2cccc(C(F)(F)F)c2)cn1. The van der Waals surface area contributed by atoms with Gasteiger partial charge in [-0.2, -0.15) is 13.2 Å². The summed E-state index contributed by atoms with van der Waals surface area (Å²) < 4.78 is 42.5. The molecular weight excluding hydrogens is 325 g/mol. The van der Waals surface area contributed by atoms with E-state index in [0.717, 1.165) is 12.1 Å². The van der Waals surface area contributed by atoms with Crippen LogP contribution in [0.3, 0.4) is 0 Å². The van der Waals surface area contributed by atoms with E-state index in [1.807, 2.05) is 0 Å². The summed E-state index contributed by atoms with van der Waals surface area (Å²) in [7, 11) is 0. The van der Waals surface area contributed by atoms with Crippen molar-refractivity contribution < 1.29 is 27.5 Å². The van der Waals surface area contributed by atoms with Crippen LogP contribution in [0.2, 0.25) is 0 Å². The number of halogens is 3. The molecule has 0 atom stereocenters. The minimum atomic E-state index is -4.51. The minimum absolute atomic E-state index is 0.0390. The van der Waals surface area contributed by atoms with Crippen LogP contribution in [-0.4, -0.2) is 23.5 Å². The van der Waals surface area contributed by atoms with Gasteiger partial charge in [-0.05, 0) is 37.3 Å². The number of hydrogen-bond donors (Lipinski definition) is 1. The van der Waals surface area contributed by atoms with Crippen LogP contribution in [0.25, 0.3) is 0 Å². The Labute approximate surface area is 135 Å². The van der Waals surface area contributed by atoms with Gasteiger partial charge in [0, 0.05) is 17.6 Å². The summed E-state index contributed by atoms with van der Waals surface area (Å²) in [6.07, 6.45) is -3.20. The lowest BCUT2D eigenvalue weighted by atomic mass is 10.2. The smallest absolute Gasteiger partial charge is 0.416 e. The molecule has 0 spiro atoms. The normalized spacial score (nSPS) is 11.0. The first-order valence-electron chi connectivity index (χ1n) is 6.82. The quantitative estimate of drug-likeness (QED) is 0.869. The van der Waals surface area contributed by atoms with E-state index in [4.69, 9.17) is 4.74 Å². The van der Waals surface area contributed by atoms with Gasteiger partial charge in [0.1, 0.15) is 0 Å². The number of esters is 1. The van der Waals surface area contributed by atoms with Crippen molar-refractivity contribution in [3.05, 3.63) is 59.4 Å². The predicted octanol–water partition coefficient (Wildman–Crippen LogP) is 3.20. The fourth-order valence-corrected chi connectivity index (χ4v) is 1.77. The monoisotopic (exact) mass is 338 g/mol. The van der Waals surface area contributed by atoms with Gasteiger partial charge in [-0.1, -0.05) is 6.07 Å². The number of nitrogens with zero attached hydrogens (tertiary/aromatic N) is 1. The third-order valence-corrected chi connectivity index (χ3v) is 2.96. The standard InChI is InChI=1S/C16H13F3N2O3/c1-10-5-6-11(8-20-10)15(23)24-9-14(22)21-13-4-2-3-12(7-13)16(17,18)19/h2-8H,9H2,1H3,(H,21,22). The van der Waals surface area contributed by atoms with Gasteiger partial charge in [0.2, 0.25) is 0 Å². The van der Waals surface area contributed by atoms with E-state index in [1.54, 1.807) is 13.0 Å². The van der Waals surface area contributed by atoms with Gasteiger partial charge >= 0.3 is 12.1 Å². The van der Waals surface area contributed by atoms with E-state index in [9.17, 15) is 22.8 Å². The zero-order chi connectivity index (χ0) is 17.7. The third-order valence-electron chi connectivity index (χ3n) is 2.96. The van der Waals surface area contributed by atoms with Gasteiger partial charge in [0.15, 0.2) is 6.61 Å². The maximum atomic E-state index is 12.6. The maximum absolute atomic E-state index is 12.6. The maximum Gasteiger partial charge on any atom is 0.416 e. The molecule has 24 heavy (non-hydrogen) atoms. The number of carbonyl (C=O) groups is 2. The van der Waals surface area contributed by atoms with Crippen LogP contribution in [0, 0.1) is 6.92 Å². The number of alkyl halides is 3. The summed E-state index contributed by atoms with van der Waals surface area (Å²) in [6.45, 7) is 1.13. The molecule has 0 saturated carbocycles. The summed E-state index contributed by atoms with van der Waals surface area (Å²) in [4.78, 5) is 27.3. The average molecular weight is 338 g/mol. The van der Waals surface area contributed by atoms with Crippen LogP contribution in [0.1, 0.15) is 21.6 Å². The van der Waals surface area contributed by atoms with Crippen LogP contribution in [0.5, 0.6) is 0 Å². The molecule has 0 bridgehead atoms. The molecule has 1 heterocycles. The summed E-state index contributed by atoms with van der Waals surface area (Å²) in [5.74, 6) is -1.50. The average Bonchev–Trinajstić information content (AvgIpc) is 2.53. The third kappa shape index (κ3) is 4.80. The molecule has 2 aromatic rings. The highest BCUT2D eigenvalue weighted by Gasteiger charge is 2.30. The molecule has 1 aromatic carbocycles. The molecule has 0 saturated heterocycles. The van der Waals surface area contributed by atoms with E-state index in [0.29, 0.717) is 5.69 Å². The number of amides is 1. The first-order chi connectivity index (χ1) is 11.3. The molecule has 0 aliphatic carbocycles. The topological polar surface area (TPSA) is 68.3 Å². The number of aryl methyl sites for hydroxylation is 1. The number of benzene rings is 1. The molecule has 1 amide bonds. The first kappa shape index (κ1) is 17.5. The van der Waals surface area contributed by atoms with Crippen LogP contribution in [0.15, 0.2) is 42.6 Å². The van der Waals surface area contributed by atoms with Crippen molar-refractivity contribution in [2.24, 2.45) is 0 Å². The zero-order valence-electron chi connectivity index (χ0n) is 12.6. The molecule has 1 aromatic heterocycles. The predicted molar refractivity (Wildman–Crippen MR) is 79.3 cm³/mol. The Balaban J connectivity index is 1.92. The first-order valence-corrected chi connectivity index (χ1v) is 6.82. The van der Waals surface area contributed by atoms with Crippen molar-refractivity contribution in [2.75, 3.05) is 11.9 Å². The zero-order valence-corrected chi connectivity index (χ0v) is 12.6. The molecule has 8 heteroatoms. The van der Waals surface area contributed by atoms with E-state index in [2.05, 4.69) is 10.3 Å². The second-order valence-electron chi connectivity index (χ2n) is 4.89. The van der Waals surface area contributed by atoms with Crippen molar-refractivity contribution in [3.63, 3.8) is 0 Å². The number of nitrogens with one attached hydrogen (secondary N) is 1. The molecule has 5 nitrogen and oxygen atoms in total. The van der Waals surface area contributed by atoms with Gasteiger partial charge in [0.05, 0.1) is 11.1 Å². The lowest BCUT2D eigenvalue weighted by molar-refractivity contribution is -0.137. The van der Waals surface area contributed by atoms with Crippen molar-refractivity contribution in [3.8, 4) is 0 Å². The summed E-state index contributed by atoms with van der Waals surface area (Å²) in [5.41, 5.74) is -0.0350.